The van der Waals surface area contributed by atoms with Gasteiger partial charge in [-0.1, -0.05) is 12.1 Å². The van der Waals surface area contributed by atoms with Crippen LogP contribution in [0.2, 0.25) is 0 Å². The van der Waals surface area contributed by atoms with Crippen LogP contribution in [0.15, 0.2) is 54.7 Å². The van der Waals surface area contributed by atoms with Gasteiger partial charge in [-0.25, -0.2) is 4.39 Å². The molecule has 0 bridgehead atoms. The number of aliphatic hydroxyl groups excluding tert-OH is 1. The summed E-state index contributed by atoms with van der Waals surface area (Å²) in [6.07, 6.45) is -2.63. The van der Waals surface area contributed by atoms with Gasteiger partial charge in [0.15, 0.2) is 0 Å². The minimum absolute atomic E-state index is 0.0169. The molecule has 3 aromatic rings. The molecule has 0 unspecified atom stereocenters. The molecule has 1 aliphatic rings. The van der Waals surface area contributed by atoms with Crippen molar-refractivity contribution in [3.8, 4) is 0 Å². The number of rotatable bonds is 6. The Morgan fingerprint density at radius 3 is 2.73 bits per heavy atom. The molecule has 0 spiro atoms. The first kappa shape index (κ1) is 22.7. The van der Waals surface area contributed by atoms with E-state index in [2.05, 4.69) is 10.3 Å². The average molecular weight is 459 g/mol. The zero-order valence-corrected chi connectivity index (χ0v) is 17.5. The SMILES string of the molecule is O=C(c1cccc2c1CCN2)N(CCO)c1ccnc(Cc2ccc(F)c(C(F)(F)F)c2)c1. The number of amides is 1. The van der Waals surface area contributed by atoms with Crippen LogP contribution in [0.5, 0.6) is 0 Å². The molecule has 2 N–H and O–H groups in total. The van der Waals surface area contributed by atoms with E-state index >= 15 is 0 Å². The minimum Gasteiger partial charge on any atom is -0.395 e. The highest BCUT2D eigenvalue weighted by Crippen LogP contribution is 2.32. The molecule has 9 heteroatoms. The van der Waals surface area contributed by atoms with Gasteiger partial charge in [0, 0.05) is 48.3 Å². The van der Waals surface area contributed by atoms with Crippen molar-refractivity contribution in [2.24, 2.45) is 0 Å². The molecule has 0 saturated carbocycles. The van der Waals surface area contributed by atoms with Gasteiger partial charge < -0.3 is 15.3 Å². The van der Waals surface area contributed by atoms with E-state index < -0.39 is 17.6 Å². The van der Waals surface area contributed by atoms with Crippen LogP contribution < -0.4 is 10.2 Å². The second kappa shape index (κ2) is 9.19. The third-order valence-electron chi connectivity index (χ3n) is 5.50. The summed E-state index contributed by atoms with van der Waals surface area (Å²) < 4.78 is 52.7. The number of pyridine rings is 1. The molecule has 0 fully saturated rings. The fraction of sp³-hybridized carbons (Fsp3) is 0.250. The summed E-state index contributed by atoms with van der Waals surface area (Å²) in [6.45, 7) is 0.494. The van der Waals surface area contributed by atoms with E-state index in [9.17, 15) is 27.5 Å². The Hall–Kier alpha value is -3.46. The number of aromatic nitrogens is 1. The van der Waals surface area contributed by atoms with Crippen molar-refractivity contribution in [2.75, 3.05) is 29.9 Å². The third-order valence-corrected chi connectivity index (χ3v) is 5.50. The van der Waals surface area contributed by atoms with Gasteiger partial charge in [0.25, 0.3) is 5.91 Å². The van der Waals surface area contributed by atoms with Crippen molar-refractivity contribution < 1.29 is 27.5 Å². The van der Waals surface area contributed by atoms with E-state index in [-0.39, 0.29) is 31.0 Å². The number of carbonyl (C=O) groups is 1. The molecule has 0 radical (unpaired) electrons. The number of halogens is 4. The van der Waals surface area contributed by atoms with Crippen LogP contribution in [0.4, 0.5) is 28.9 Å². The lowest BCUT2D eigenvalue weighted by Gasteiger charge is -2.23. The molecule has 1 aromatic heterocycles. The predicted molar refractivity (Wildman–Crippen MR) is 116 cm³/mol. The number of carbonyl (C=O) groups excluding carboxylic acids is 1. The molecule has 2 aromatic carbocycles. The monoisotopic (exact) mass is 459 g/mol. The largest absolute Gasteiger partial charge is 0.419 e. The number of nitrogens with one attached hydrogen (secondary N) is 1. The molecule has 172 valence electrons. The highest BCUT2D eigenvalue weighted by atomic mass is 19.4. The van der Waals surface area contributed by atoms with Crippen LogP contribution in [0.1, 0.15) is 32.7 Å². The van der Waals surface area contributed by atoms with Gasteiger partial charge in [-0.15, -0.1) is 0 Å². The Bertz CT molecular complexity index is 1180. The number of aliphatic hydroxyl groups is 1. The maximum atomic E-state index is 13.6. The fourth-order valence-corrected chi connectivity index (χ4v) is 3.98. The molecular weight excluding hydrogens is 438 g/mol. The molecular formula is C24H21F4N3O2. The Morgan fingerprint density at radius 2 is 1.97 bits per heavy atom. The second-order valence-electron chi connectivity index (χ2n) is 7.68. The van der Waals surface area contributed by atoms with Gasteiger partial charge >= 0.3 is 6.18 Å². The summed E-state index contributed by atoms with van der Waals surface area (Å²) in [4.78, 5) is 19.0. The van der Waals surface area contributed by atoms with Crippen molar-refractivity contribution in [3.63, 3.8) is 0 Å². The van der Waals surface area contributed by atoms with Crippen LogP contribution in [0.3, 0.4) is 0 Å². The van der Waals surface area contributed by atoms with Crippen LogP contribution in [0.25, 0.3) is 0 Å². The molecule has 1 amide bonds. The summed E-state index contributed by atoms with van der Waals surface area (Å²) in [5, 5.41) is 12.8. The first-order valence-corrected chi connectivity index (χ1v) is 10.4. The average Bonchev–Trinajstić information content (AvgIpc) is 3.27. The first-order chi connectivity index (χ1) is 15.8. The van der Waals surface area contributed by atoms with Crippen molar-refractivity contribution in [3.05, 3.63) is 88.5 Å². The Kier molecular flexibility index (Phi) is 6.33. The van der Waals surface area contributed by atoms with Gasteiger partial charge in [0.05, 0.1) is 12.2 Å². The molecule has 5 nitrogen and oxygen atoms in total. The van der Waals surface area contributed by atoms with Gasteiger partial charge in [-0.3, -0.25) is 9.78 Å². The summed E-state index contributed by atoms with van der Waals surface area (Å²) in [6, 6.07) is 11.4. The first-order valence-electron chi connectivity index (χ1n) is 10.4. The topological polar surface area (TPSA) is 65.5 Å². The third kappa shape index (κ3) is 4.83. The number of alkyl halides is 3. The Balaban J connectivity index is 1.63. The number of anilines is 2. The molecule has 4 rings (SSSR count). The molecule has 1 aliphatic heterocycles. The Labute approximate surface area is 187 Å². The molecule has 0 aliphatic carbocycles. The van der Waals surface area contributed by atoms with E-state index in [0.717, 1.165) is 29.9 Å². The number of nitrogens with zero attached hydrogens (tertiary/aromatic N) is 2. The standard InChI is InChI=1S/C24H21F4N3O2/c25-21-5-4-15(13-20(21)24(26,27)28)12-16-14-17(6-8-29-16)31(10-11-32)23(33)19-2-1-3-22-18(19)7-9-30-22/h1-6,8,13-14,30,32H,7,9-12H2. The summed E-state index contributed by atoms with van der Waals surface area (Å²) in [5.74, 6) is -1.62. The number of hydrogen-bond donors (Lipinski definition) is 2. The number of fused-ring (bicyclic) bond motifs is 1. The van der Waals surface area contributed by atoms with Crippen LogP contribution in [0, 0.1) is 5.82 Å². The van der Waals surface area contributed by atoms with Gasteiger partial charge in [0.2, 0.25) is 0 Å². The molecule has 2 heterocycles. The number of hydrogen-bond acceptors (Lipinski definition) is 4. The fourth-order valence-electron chi connectivity index (χ4n) is 3.98. The van der Waals surface area contributed by atoms with Crippen LogP contribution in [-0.4, -0.2) is 35.7 Å². The van der Waals surface area contributed by atoms with E-state index in [1.54, 1.807) is 24.3 Å². The maximum Gasteiger partial charge on any atom is 0.419 e. The van der Waals surface area contributed by atoms with Crippen LogP contribution >= 0.6 is 0 Å². The lowest BCUT2D eigenvalue weighted by molar-refractivity contribution is -0.140. The minimum atomic E-state index is -4.80. The van der Waals surface area contributed by atoms with Gasteiger partial charge in [-0.05, 0) is 53.9 Å². The lowest BCUT2D eigenvalue weighted by atomic mass is 10.0. The normalized spacial score (nSPS) is 12.9. The van der Waals surface area contributed by atoms with E-state index in [1.165, 1.54) is 17.2 Å². The van der Waals surface area contributed by atoms with E-state index in [0.29, 0.717) is 23.4 Å². The van der Waals surface area contributed by atoms with Crippen molar-refractivity contribution >= 4 is 17.3 Å². The van der Waals surface area contributed by atoms with E-state index in [4.69, 9.17) is 0 Å². The van der Waals surface area contributed by atoms with Crippen molar-refractivity contribution in [1.29, 1.82) is 0 Å². The summed E-state index contributed by atoms with van der Waals surface area (Å²) >= 11 is 0. The molecule has 33 heavy (non-hydrogen) atoms. The smallest absolute Gasteiger partial charge is 0.395 e. The van der Waals surface area contributed by atoms with Gasteiger partial charge in [-0.2, -0.15) is 13.2 Å². The highest BCUT2D eigenvalue weighted by Gasteiger charge is 2.34. The molecule has 0 atom stereocenters. The second-order valence-corrected chi connectivity index (χ2v) is 7.68. The van der Waals surface area contributed by atoms with Crippen LogP contribution in [-0.2, 0) is 19.0 Å². The summed E-state index contributed by atoms with van der Waals surface area (Å²) in [5.41, 5.74) is 2.10. The quantitative estimate of drug-likeness (QED) is 0.535. The lowest BCUT2D eigenvalue weighted by Crippen LogP contribution is -2.34. The van der Waals surface area contributed by atoms with E-state index in [1.807, 2.05) is 6.07 Å². The number of benzene rings is 2. The zero-order valence-electron chi connectivity index (χ0n) is 17.5. The van der Waals surface area contributed by atoms with Crippen molar-refractivity contribution in [1.82, 2.24) is 4.98 Å². The van der Waals surface area contributed by atoms with Crippen molar-refractivity contribution in [2.45, 2.75) is 19.0 Å². The Morgan fingerprint density at radius 1 is 1.15 bits per heavy atom. The zero-order chi connectivity index (χ0) is 23.6. The molecule has 0 saturated heterocycles. The predicted octanol–water partition coefficient (Wildman–Crippen LogP) is 4.44. The summed E-state index contributed by atoms with van der Waals surface area (Å²) in [7, 11) is 0. The van der Waals surface area contributed by atoms with Gasteiger partial charge in [0.1, 0.15) is 5.82 Å². The maximum absolute atomic E-state index is 13.6. The highest BCUT2D eigenvalue weighted by molar-refractivity contribution is 6.08.